The van der Waals surface area contributed by atoms with Crippen molar-refractivity contribution in [2.24, 2.45) is 0 Å². The minimum Gasteiger partial charge on any atom is -0.370 e. The molecule has 1 N–H and O–H groups in total. The molecule has 3 aromatic rings. The summed E-state index contributed by atoms with van der Waals surface area (Å²) in [6.45, 7) is 7.31. The molecule has 0 spiro atoms. The first kappa shape index (κ1) is 27.2. The van der Waals surface area contributed by atoms with Crippen LogP contribution < -0.4 is 5.32 Å². The smallest absolute Gasteiger partial charge is 0.370 e. The van der Waals surface area contributed by atoms with Crippen molar-refractivity contribution in [3.05, 3.63) is 119 Å². The fourth-order valence-corrected chi connectivity index (χ4v) is 3.77. The third-order valence-corrected chi connectivity index (χ3v) is 5.54. The Kier molecular flexibility index (Phi) is 7.50. The lowest BCUT2D eigenvalue weighted by Gasteiger charge is -2.36. The Morgan fingerprint density at radius 2 is 1.58 bits per heavy atom. The summed E-state index contributed by atoms with van der Waals surface area (Å²) in [6.07, 6.45) is -7.61. The number of nitrogens with one attached hydrogen (secondary N) is 1. The number of aromatic nitrogens is 1. The highest BCUT2D eigenvalue weighted by atomic mass is 35.5. The number of hydrogen-bond donors (Lipinski definition) is 1. The molecule has 36 heavy (non-hydrogen) atoms. The summed E-state index contributed by atoms with van der Waals surface area (Å²) in [5.41, 5.74) is -5.29. The van der Waals surface area contributed by atoms with E-state index in [1.807, 2.05) is 0 Å². The van der Waals surface area contributed by atoms with Crippen molar-refractivity contribution in [1.29, 1.82) is 0 Å². The lowest BCUT2D eigenvalue weighted by Crippen LogP contribution is -2.43. The number of alkyl halides is 6. The molecule has 0 aliphatic carbocycles. The maximum Gasteiger partial charge on any atom is 0.419 e. The van der Waals surface area contributed by atoms with Crippen LogP contribution in [-0.2, 0) is 17.9 Å². The van der Waals surface area contributed by atoms with E-state index in [0.29, 0.717) is 24.3 Å². The fourth-order valence-electron chi connectivity index (χ4n) is 3.66. The van der Waals surface area contributed by atoms with Crippen LogP contribution >= 0.6 is 11.6 Å². The summed E-state index contributed by atoms with van der Waals surface area (Å²) in [5, 5.41) is 3.00. The Balaban J connectivity index is 2.24. The van der Waals surface area contributed by atoms with E-state index >= 15 is 0 Å². The van der Waals surface area contributed by atoms with E-state index < -0.39 is 40.7 Å². The standard InChI is InChI=1S/C25H17ClF8N2/c1-3-8-23(22-7-5-18(26)13-35-22,16-10-17(24(29,30)31)12-19(27)11-16)36-14(2)15-4-6-21(28)20(9-15)25(32,33)34/h3-7,9-13,36H,1-2,8H2/t23-/m0/s1. The van der Waals surface area contributed by atoms with E-state index in [1.165, 1.54) is 24.4 Å². The molecule has 2 nitrogen and oxygen atoms in total. The summed E-state index contributed by atoms with van der Waals surface area (Å²) < 4.78 is 108. The summed E-state index contributed by atoms with van der Waals surface area (Å²) in [7, 11) is 0. The molecule has 0 radical (unpaired) electrons. The molecule has 0 aliphatic rings. The lowest BCUT2D eigenvalue weighted by molar-refractivity contribution is -0.140. The quantitative estimate of drug-likeness (QED) is 0.245. The van der Waals surface area contributed by atoms with Crippen molar-refractivity contribution in [2.45, 2.75) is 24.3 Å². The van der Waals surface area contributed by atoms with Crippen molar-refractivity contribution in [2.75, 3.05) is 0 Å². The van der Waals surface area contributed by atoms with Gasteiger partial charge in [0.15, 0.2) is 0 Å². The molecule has 190 valence electrons. The predicted octanol–water partition coefficient (Wildman–Crippen LogP) is 8.13. The second-order valence-electron chi connectivity index (χ2n) is 7.78. The van der Waals surface area contributed by atoms with Crippen LogP contribution in [0, 0.1) is 11.6 Å². The zero-order chi connectivity index (χ0) is 26.9. The largest absolute Gasteiger partial charge is 0.419 e. The van der Waals surface area contributed by atoms with Crippen LogP contribution in [0.1, 0.15) is 34.4 Å². The summed E-state index contributed by atoms with van der Waals surface area (Å²) in [5.74, 6) is -2.73. The molecule has 1 aromatic heterocycles. The molecular formula is C25H17ClF8N2. The molecule has 0 bridgehead atoms. The molecular weight excluding hydrogens is 516 g/mol. The molecule has 1 atom stereocenters. The number of nitrogens with zero attached hydrogens (tertiary/aromatic N) is 1. The number of rotatable bonds is 7. The van der Waals surface area contributed by atoms with E-state index in [0.717, 1.165) is 12.1 Å². The van der Waals surface area contributed by atoms with Gasteiger partial charge < -0.3 is 5.32 Å². The molecule has 0 saturated carbocycles. The normalized spacial score (nSPS) is 13.7. The van der Waals surface area contributed by atoms with E-state index in [4.69, 9.17) is 11.6 Å². The Morgan fingerprint density at radius 1 is 0.917 bits per heavy atom. The van der Waals surface area contributed by atoms with Gasteiger partial charge in [-0.15, -0.1) is 6.58 Å². The Labute approximate surface area is 205 Å². The van der Waals surface area contributed by atoms with Crippen molar-refractivity contribution >= 4 is 17.3 Å². The van der Waals surface area contributed by atoms with Gasteiger partial charge in [0.25, 0.3) is 0 Å². The SMILES string of the molecule is C=CC[C@](NC(=C)c1ccc(F)c(C(F)(F)F)c1)(c1cc(F)cc(C(F)(F)F)c1)c1ccc(Cl)cn1. The van der Waals surface area contributed by atoms with E-state index in [1.54, 1.807) is 0 Å². The van der Waals surface area contributed by atoms with E-state index in [-0.39, 0.29) is 34.0 Å². The zero-order valence-corrected chi connectivity index (χ0v) is 19.0. The average Bonchev–Trinajstić information content (AvgIpc) is 2.77. The second-order valence-corrected chi connectivity index (χ2v) is 8.22. The van der Waals surface area contributed by atoms with Crippen LogP contribution in [-0.4, -0.2) is 4.98 Å². The Hall–Kier alpha value is -3.40. The summed E-state index contributed by atoms with van der Waals surface area (Å²) >= 11 is 5.90. The van der Waals surface area contributed by atoms with Crippen LogP contribution in [0.4, 0.5) is 35.1 Å². The van der Waals surface area contributed by atoms with Crippen molar-refractivity contribution in [3.63, 3.8) is 0 Å². The maximum atomic E-state index is 14.4. The summed E-state index contributed by atoms with van der Waals surface area (Å²) in [6, 6.07) is 6.68. The van der Waals surface area contributed by atoms with Crippen LogP contribution in [0.25, 0.3) is 5.70 Å². The first-order chi connectivity index (χ1) is 16.7. The average molecular weight is 533 g/mol. The summed E-state index contributed by atoms with van der Waals surface area (Å²) in [4.78, 5) is 4.16. The highest BCUT2D eigenvalue weighted by molar-refractivity contribution is 6.30. The van der Waals surface area contributed by atoms with Gasteiger partial charge in [-0.05, 0) is 66.1 Å². The molecule has 11 heteroatoms. The maximum absolute atomic E-state index is 14.4. The molecule has 2 aromatic carbocycles. The molecule has 0 fully saturated rings. The van der Waals surface area contributed by atoms with Gasteiger partial charge in [-0.3, -0.25) is 4.98 Å². The first-order valence-electron chi connectivity index (χ1n) is 10.1. The Bertz CT molecular complexity index is 1280. The number of hydrogen-bond acceptors (Lipinski definition) is 2. The molecule has 1 heterocycles. The highest BCUT2D eigenvalue weighted by Gasteiger charge is 2.40. The number of halogens is 9. The highest BCUT2D eigenvalue weighted by Crippen LogP contribution is 2.40. The predicted molar refractivity (Wildman–Crippen MR) is 120 cm³/mol. The monoisotopic (exact) mass is 532 g/mol. The van der Waals surface area contributed by atoms with Crippen LogP contribution in [0.2, 0.25) is 5.02 Å². The molecule has 0 aliphatic heterocycles. The van der Waals surface area contributed by atoms with Gasteiger partial charge in [0, 0.05) is 11.9 Å². The van der Waals surface area contributed by atoms with Gasteiger partial charge in [-0.1, -0.05) is 24.3 Å². The van der Waals surface area contributed by atoms with Crippen LogP contribution in [0.5, 0.6) is 0 Å². The fraction of sp³-hybridized carbons (Fsp3) is 0.160. The van der Waals surface area contributed by atoms with Crippen molar-refractivity contribution in [3.8, 4) is 0 Å². The lowest BCUT2D eigenvalue weighted by atomic mass is 9.81. The molecule has 3 rings (SSSR count). The van der Waals surface area contributed by atoms with Gasteiger partial charge in [-0.25, -0.2) is 8.78 Å². The second kappa shape index (κ2) is 9.93. The van der Waals surface area contributed by atoms with Gasteiger partial charge in [0.1, 0.15) is 17.2 Å². The number of benzene rings is 2. The van der Waals surface area contributed by atoms with Crippen LogP contribution in [0.15, 0.2) is 74.0 Å². The van der Waals surface area contributed by atoms with Gasteiger partial charge >= 0.3 is 12.4 Å². The van der Waals surface area contributed by atoms with Gasteiger partial charge in [0.2, 0.25) is 0 Å². The van der Waals surface area contributed by atoms with Gasteiger partial charge in [-0.2, -0.15) is 26.3 Å². The third kappa shape index (κ3) is 5.70. The van der Waals surface area contributed by atoms with Crippen molar-refractivity contribution in [1.82, 2.24) is 10.3 Å². The molecule has 0 amide bonds. The number of pyridine rings is 1. The van der Waals surface area contributed by atoms with E-state index in [2.05, 4.69) is 23.5 Å². The van der Waals surface area contributed by atoms with Crippen molar-refractivity contribution < 1.29 is 35.1 Å². The van der Waals surface area contributed by atoms with E-state index in [9.17, 15) is 35.1 Å². The first-order valence-corrected chi connectivity index (χ1v) is 10.5. The minimum absolute atomic E-state index is 0.0461. The van der Waals surface area contributed by atoms with Crippen LogP contribution in [0.3, 0.4) is 0 Å². The molecule has 0 saturated heterocycles. The minimum atomic E-state index is -5.01. The topological polar surface area (TPSA) is 24.9 Å². The zero-order valence-electron chi connectivity index (χ0n) is 18.2. The molecule has 0 unspecified atom stereocenters. The Morgan fingerprint density at radius 3 is 2.14 bits per heavy atom. The van der Waals surface area contributed by atoms with Gasteiger partial charge in [0.05, 0.1) is 21.8 Å². The third-order valence-electron chi connectivity index (χ3n) is 5.32.